The van der Waals surface area contributed by atoms with Crippen LogP contribution in [0.2, 0.25) is 0 Å². The minimum absolute atomic E-state index is 0.296. The minimum atomic E-state index is 0.296. The normalized spacial score (nSPS) is 19.9. The molecule has 3 nitrogen and oxygen atoms in total. The fourth-order valence-corrected chi connectivity index (χ4v) is 2.46. The Morgan fingerprint density at radius 1 is 1.79 bits per heavy atom. The van der Waals surface area contributed by atoms with Crippen molar-refractivity contribution in [1.29, 1.82) is 0 Å². The van der Waals surface area contributed by atoms with E-state index in [0.717, 1.165) is 13.1 Å². The molecule has 2 heterocycles. The van der Waals surface area contributed by atoms with E-state index < -0.39 is 0 Å². The molecule has 0 saturated carbocycles. The molecule has 74 valence electrons. The Morgan fingerprint density at radius 3 is 3.43 bits per heavy atom. The van der Waals surface area contributed by atoms with E-state index >= 15 is 0 Å². The van der Waals surface area contributed by atoms with Crippen molar-refractivity contribution in [2.75, 3.05) is 13.2 Å². The van der Waals surface area contributed by atoms with Crippen LogP contribution in [0.25, 0.3) is 0 Å². The molecule has 1 aromatic rings. The van der Waals surface area contributed by atoms with E-state index in [0.29, 0.717) is 18.4 Å². The van der Waals surface area contributed by atoms with Crippen LogP contribution in [0, 0.1) is 12.3 Å². The van der Waals surface area contributed by atoms with Crippen molar-refractivity contribution in [2.45, 2.75) is 19.4 Å². The van der Waals surface area contributed by atoms with Crippen LogP contribution < -0.4 is 10.1 Å². The zero-order chi connectivity index (χ0) is 9.97. The van der Waals surface area contributed by atoms with E-state index in [4.69, 9.17) is 11.2 Å². The first-order chi connectivity index (χ1) is 6.83. The van der Waals surface area contributed by atoms with Crippen molar-refractivity contribution < 1.29 is 4.74 Å². The molecule has 0 saturated heterocycles. The van der Waals surface area contributed by atoms with E-state index in [1.54, 1.807) is 0 Å². The summed E-state index contributed by atoms with van der Waals surface area (Å²) in [4.78, 5) is 1.33. The molecule has 1 N–H and O–H groups in total. The first-order valence-corrected chi connectivity index (χ1v) is 5.35. The number of hydrogen-bond acceptors (Lipinski definition) is 4. The molecule has 14 heavy (non-hydrogen) atoms. The van der Waals surface area contributed by atoms with Crippen molar-refractivity contribution in [1.82, 2.24) is 9.69 Å². The zero-order valence-electron chi connectivity index (χ0n) is 8.04. The van der Waals surface area contributed by atoms with Gasteiger partial charge in [0.1, 0.15) is 0 Å². The first kappa shape index (κ1) is 9.50. The highest BCUT2D eigenvalue weighted by Gasteiger charge is 2.23. The van der Waals surface area contributed by atoms with Crippen molar-refractivity contribution >= 4 is 11.5 Å². The summed E-state index contributed by atoms with van der Waals surface area (Å²) < 4.78 is 9.63. The maximum Gasteiger partial charge on any atom is 0.230 e. The highest BCUT2D eigenvalue weighted by Crippen LogP contribution is 2.33. The number of ether oxygens (including phenoxy) is 1. The molecular formula is C10H12N2OS. The smallest absolute Gasteiger partial charge is 0.230 e. The van der Waals surface area contributed by atoms with E-state index in [2.05, 4.69) is 22.5 Å². The average Bonchev–Trinajstić information content (AvgIpc) is 2.60. The second kappa shape index (κ2) is 3.99. The second-order valence-corrected chi connectivity index (χ2v) is 4.16. The molecule has 4 heteroatoms. The molecule has 1 aromatic heterocycles. The van der Waals surface area contributed by atoms with Crippen LogP contribution in [0.3, 0.4) is 0 Å². The van der Waals surface area contributed by atoms with E-state index in [-0.39, 0.29) is 0 Å². The van der Waals surface area contributed by atoms with Crippen molar-refractivity contribution in [3.05, 3.63) is 10.4 Å². The third kappa shape index (κ3) is 1.61. The summed E-state index contributed by atoms with van der Waals surface area (Å²) in [6.07, 6.45) is 5.13. The van der Waals surface area contributed by atoms with Crippen molar-refractivity contribution in [3.63, 3.8) is 0 Å². The van der Waals surface area contributed by atoms with Gasteiger partial charge in [-0.25, -0.2) is 0 Å². The van der Waals surface area contributed by atoms with Gasteiger partial charge in [-0.15, -0.1) is 6.42 Å². The highest BCUT2D eigenvalue weighted by molar-refractivity contribution is 7.06. The monoisotopic (exact) mass is 208 g/mol. The van der Waals surface area contributed by atoms with Gasteiger partial charge in [-0.3, -0.25) is 0 Å². The number of nitrogens with one attached hydrogen (secondary N) is 1. The Hall–Kier alpha value is -1.05. The van der Waals surface area contributed by atoms with Crippen LogP contribution in [0.4, 0.5) is 0 Å². The Morgan fingerprint density at radius 2 is 2.64 bits per heavy atom. The SMILES string of the molecule is C#CCOc1nsc2c1CNCC2C. The summed E-state index contributed by atoms with van der Waals surface area (Å²) in [5, 5.41) is 3.33. The third-order valence-corrected chi connectivity index (χ3v) is 3.38. The van der Waals surface area contributed by atoms with E-state index in [9.17, 15) is 0 Å². The predicted octanol–water partition coefficient (Wildman–Crippen LogP) is 1.36. The molecule has 0 aliphatic carbocycles. The lowest BCUT2D eigenvalue weighted by Crippen LogP contribution is -2.25. The van der Waals surface area contributed by atoms with Crippen molar-refractivity contribution in [2.24, 2.45) is 0 Å². The lowest BCUT2D eigenvalue weighted by atomic mass is 10.0. The molecule has 1 atom stereocenters. The van der Waals surface area contributed by atoms with Crippen LogP contribution in [-0.2, 0) is 6.54 Å². The van der Waals surface area contributed by atoms with Crippen LogP contribution >= 0.6 is 11.5 Å². The molecule has 0 bridgehead atoms. The Balaban J connectivity index is 2.23. The predicted molar refractivity (Wildman–Crippen MR) is 56.6 cm³/mol. The van der Waals surface area contributed by atoms with Gasteiger partial charge in [0.25, 0.3) is 0 Å². The molecule has 0 fully saturated rings. The van der Waals surface area contributed by atoms with Crippen LogP contribution in [0.1, 0.15) is 23.3 Å². The van der Waals surface area contributed by atoms with Crippen LogP contribution in [0.5, 0.6) is 5.88 Å². The summed E-state index contributed by atoms with van der Waals surface area (Å²) >= 11 is 1.53. The number of hydrogen-bond donors (Lipinski definition) is 1. The summed E-state index contributed by atoms with van der Waals surface area (Å²) in [6.45, 7) is 4.35. The molecule has 0 radical (unpaired) electrons. The van der Waals surface area contributed by atoms with Gasteiger partial charge in [-0.1, -0.05) is 12.8 Å². The van der Waals surface area contributed by atoms with E-state index in [1.807, 2.05) is 0 Å². The average molecular weight is 208 g/mol. The molecule has 1 unspecified atom stereocenters. The van der Waals surface area contributed by atoms with Crippen molar-refractivity contribution in [3.8, 4) is 18.2 Å². The standard InChI is InChI=1S/C10H12N2OS/c1-3-4-13-10-8-6-11-5-7(2)9(8)14-12-10/h1,7,11H,4-6H2,2H3. The quantitative estimate of drug-likeness (QED) is 0.745. The fourth-order valence-electron chi connectivity index (χ4n) is 1.59. The molecule has 2 rings (SSSR count). The highest BCUT2D eigenvalue weighted by atomic mass is 32.1. The van der Waals surface area contributed by atoms with Gasteiger partial charge in [0.15, 0.2) is 6.61 Å². The molecule has 0 aromatic carbocycles. The lowest BCUT2D eigenvalue weighted by Gasteiger charge is -2.18. The number of terminal acetylenes is 1. The summed E-state index contributed by atoms with van der Waals surface area (Å²) in [7, 11) is 0. The topological polar surface area (TPSA) is 34.1 Å². The molecule has 0 amide bonds. The minimum Gasteiger partial charge on any atom is -0.464 e. The van der Waals surface area contributed by atoms with Gasteiger partial charge in [0.05, 0.1) is 0 Å². The number of rotatable bonds is 2. The summed E-state index contributed by atoms with van der Waals surface area (Å²) in [6, 6.07) is 0. The van der Waals surface area contributed by atoms with E-state index in [1.165, 1.54) is 22.0 Å². The van der Waals surface area contributed by atoms with Gasteiger partial charge in [-0.2, -0.15) is 4.37 Å². The van der Waals surface area contributed by atoms with Gasteiger partial charge in [0, 0.05) is 29.4 Å². The molecule has 1 aliphatic heterocycles. The molecular weight excluding hydrogens is 196 g/mol. The number of fused-ring (bicyclic) bond motifs is 1. The Bertz CT molecular complexity index is 367. The van der Waals surface area contributed by atoms with Crippen LogP contribution in [0.15, 0.2) is 0 Å². The largest absolute Gasteiger partial charge is 0.464 e. The fraction of sp³-hybridized carbons (Fsp3) is 0.500. The summed E-state index contributed by atoms with van der Waals surface area (Å²) in [5.74, 6) is 3.68. The third-order valence-electron chi connectivity index (χ3n) is 2.27. The maximum atomic E-state index is 5.37. The second-order valence-electron chi connectivity index (χ2n) is 3.36. The Labute approximate surface area is 87.6 Å². The van der Waals surface area contributed by atoms with Gasteiger partial charge in [0.2, 0.25) is 5.88 Å². The van der Waals surface area contributed by atoms with Gasteiger partial charge in [-0.05, 0) is 11.5 Å². The zero-order valence-corrected chi connectivity index (χ0v) is 8.86. The first-order valence-electron chi connectivity index (χ1n) is 4.58. The molecule has 1 aliphatic rings. The van der Waals surface area contributed by atoms with Gasteiger partial charge >= 0.3 is 0 Å². The lowest BCUT2D eigenvalue weighted by molar-refractivity contribution is 0.352. The summed E-state index contributed by atoms with van der Waals surface area (Å²) in [5.41, 5.74) is 1.18. The Kier molecular flexibility index (Phi) is 2.71. The van der Waals surface area contributed by atoms with Gasteiger partial charge < -0.3 is 10.1 Å². The molecule has 0 spiro atoms. The maximum absolute atomic E-state index is 5.37. The number of nitrogens with zero attached hydrogens (tertiary/aromatic N) is 1. The van der Waals surface area contributed by atoms with Crippen LogP contribution in [-0.4, -0.2) is 17.5 Å². The number of aromatic nitrogens is 1.